The molecule has 0 atom stereocenters. The molecule has 2 aromatic heterocycles. The normalized spacial score (nSPS) is 10.4. The van der Waals surface area contributed by atoms with E-state index >= 15 is 0 Å². The van der Waals surface area contributed by atoms with Crippen molar-refractivity contribution in [3.63, 3.8) is 0 Å². The van der Waals surface area contributed by atoms with Gasteiger partial charge in [-0.15, -0.1) is 5.10 Å². The van der Waals surface area contributed by atoms with Gasteiger partial charge in [0.15, 0.2) is 11.3 Å². The van der Waals surface area contributed by atoms with Crippen LogP contribution in [0.2, 0.25) is 0 Å². The minimum Gasteiger partial charge on any atom is -0.476 e. The van der Waals surface area contributed by atoms with Crippen LogP contribution in [0.25, 0.3) is 5.65 Å². The van der Waals surface area contributed by atoms with Crippen molar-refractivity contribution in [2.75, 3.05) is 7.11 Å². The molecular formula is C7H6N4O3. The van der Waals surface area contributed by atoms with E-state index in [9.17, 15) is 4.79 Å². The molecule has 0 spiro atoms. The van der Waals surface area contributed by atoms with Crippen LogP contribution in [0.4, 0.5) is 0 Å². The molecular weight excluding hydrogens is 188 g/mol. The van der Waals surface area contributed by atoms with E-state index in [1.54, 1.807) is 0 Å². The maximum Gasteiger partial charge on any atom is 0.356 e. The first-order chi connectivity index (χ1) is 6.72. The zero-order valence-electron chi connectivity index (χ0n) is 7.21. The Morgan fingerprint density at radius 1 is 1.50 bits per heavy atom. The molecule has 2 aromatic rings. The molecule has 2 heterocycles. The molecule has 0 aliphatic carbocycles. The molecule has 2 rings (SSSR count). The fourth-order valence-corrected chi connectivity index (χ4v) is 1.02. The summed E-state index contributed by atoms with van der Waals surface area (Å²) in [7, 11) is 1.40. The zero-order valence-corrected chi connectivity index (χ0v) is 7.21. The van der Waals surface area contributed by atoms with E-state index in [-0.39, 0.29) is 11.7 Å². The molecule has 0 bridgehead atoms. The maximum atomic E-state index is 10.7. The predicted octanol–water partition coefficient (Wildman–Crippen LogP) is -0.169. The average Bonchev–Trinajstić information content (AvgIpc) is 2.59. The Bertz CT molecular complexity index is 493. The van der Waals surface area contributed by atoms with Crippen LogP contribution in [0.1, 0.15) is 10.5 Å². The first kappa shape index (κ1) is 8.42. The Hall–Kier alpha value is -2.18. The number of nitrogens with zero attached hydrogens (tertiary/aromatic N) is 4. The number of rotatable bonds is 2. The van der Waals surface area contributed by atoms with Crippen LogP contribution in [0.15, 0.2) is 12.4 Å². The molecule has 0 amide bonds. The SMILES string of the molecule is COc1ncc2ncc(C(=O)O)n2n1. The number of aromatic carboxylic acids is 1. The Morgan fingerprint density at radius 3 is 2.93 bits per heavy atom. The summed E-state index contributed by atoms with van der Waals surface area (Å²) < 4.78 is 5.92. The molecule has 0 radical (unpaired) electrons. The molecule has 0 aromatic carbocycles. The minimum atomic E-state index is -1.10. The second-order valence-electron chi connectivity index (χ2n) is 2.46. The van der Waals surface area contributed by atoms with Crippen molar-refractivity contribution in [3.05, 3.63) is 18.1 Å². The molecule has 0 saturated carbocycles. The van der Waals surface area contributed by atoms with E-state index in [2.05, 4.69) is 15.1 Å². The van der Waals surface area contributed by atoms with E-state index in [4.69, 9.17) is 9.84 Å². The van der Waals surface area contributed by atoms with Gasteiger partial charge in [-0.3, -0.25) is 0 Å². The second kappa shape index (κ2) is 2.95. The number of methoxy groups -OCH3 is 1. The predicted molar refractivity (Wildman–Crippen MR) is 44.3 cm³/mol. The van der Waals surface area contributed by atoms with Crippen LogP contribution in [-0.2, 0) is 0 Å². The van der Waals surface area contributed by atoms with Gasteiger partial charge in [-0.25, -0.2) is 9.78 Å². The van der Waals surface area contributed by atoms with Crippen molar-refractivity contribution in [1.29, 1.82) is 0 Å². The number of fused-ring (bicyclic) bond motifs is 1. The quantitative estimate of drug-likeness (QED) is 0.713. The van der Waals surface area contributed by atoms with E-state index in [0.717, 1.165) is 4.52 Å². The summed E-state index contributed by atoms with van der Waals surface area (Å²) in [6.07, 6.45) is 2.60. The Morgan fingerprint density at radius 2 is 2.29 bits per heavy atom. The van der Waals surface area contributed by atoms with Crippen LogP contribution in [0.5, 0.6) is 6.01 Å². The van der Waals surface area contributed by atoms with Crippen molar-refractivity contribution in [2.24, 2.45) is 0 Å². The van der Waals surface area contributed by atoms with Gasteiger partial charge >= 0.3 is 12.0 Å². The summed E-state index contributed by atoms with van der Waals surface area (Å²) in [5.74, 6) is -1.10. The lowest BCUT2D eigenvalue weighted by Crippen LogP contribution is -2.06. The number of carboxylic acids is 1. The summed E-state index contributed by atoms with van der Waals surface area (Å²) in [5.41, 5.74) is 0.337. The third-order valence-corrected chi connectivity index (χ3v) is 1.64. The summed E-state index contributed by atoms with van der Waals surface area (Å²) >= 11 is 0. The largest absolute Gasteiger partial charge is 0.476 e. The second-order valence-corrected chi connectivity index (χ2v) is 2.46. The van der Waals surface area contributed by atoms with E-state index in [1.165, 1.54) is 19.5 Å². The topological polar surface area (TPSA) is 89.6 Å². The number of carbonyl (C=O) groups is 1. The number of hydrogen-bond donors (Lipinski definition) is 1. The standard InChI is InChI=1S/C7H6N4O3/c1-14-7-9-3-5-8-2-4(6(12)13)11(5)10-7/h2-3H,1H3,(H,12,13). The molecule has 72 valence electrons. The zero-order chi connectivity index (χ0) is 10.1. The smallest absolute Gasteiger partial charge is 0.356 e. The van der Waals surface area contributed by atoms with Gasteiger partial charge in [-0.1, -0.05) is 0 Å². The highest BCUT2D eigenvalue weighted by atomic mass is 16.5. The van der Waals surface area contributed by atoms with E-state index in [1.807, 2.05) is 0 Å². The molecule has 0 unspecified atom stereocenters. The van der Waals surface area contributed by atoms with Crippen LogP contribution >= 0.6 is 0 Å². The highest BCUT2D eigenvalue weighted by Gasteiger charge is 2.12. The lowest BCUT2D eigenvalue weighted by Gasteiger charge is -1.98. The summed E-state index contributed by atoms with van der Waals surface area (Å²) in [6, 6.07) is 0.0954. The summed E-state index contributed by atoms with van der Waals surface area (Å²) in [4.78, 5) is 18.3. The van der Waals surface area contributed by atoms with Crippen molar-refractivity contribution in [3.8, 4) is 6.01 Å². The third-order valence-electron chi connectivity index (χ3n) is 1.64. The van der Waals surface area contributed by atoms with Gasteiger partial charge in [0.25, 0.3) is 0 Å². The molecule has 0 fully saturated rings. The summed E-state index contributed by atoms with van der Waals surface area (Å²) in [6.45, 7) is 0. The van der Waals surface area contributed by atoms with Crippen LogP contribution in [0.3, 0.4) is 0 Å². The van der Waals surface area contributed by atoms with Gasteiger partial charge in [0.2, 0.25) is 0 Å². The molecule has 0 aliphatic heterocycles. The summed E-state index contributed by atoms with van der Waals surface area (Å²) in [5, 5.41) is 12.6. The molecule has 1 N–H and O–H groups in total. The highest BCUT2D eigenvalue weighted by Crippen LogP contribution is 2.06. The number of hydrogen-bond acceptors (Lipinski definition) is 5. The fraction of sp³-hybridized carbons (Fsp3) is 0.143. The van der Waals surface area contributed by atoms with Crippen LogP contribution < -0.4 is 4.74 Å². The van der Waals surface area contributed by atoms with E-state index < -0.39 is 5.97 Å². The first-order valence-corrected chi connectivity index (χ1v) is 3.70. The van der Waals surface area contributed by atoms with Gasteiger partial charge in [-0.2, -0.15) is 9.50 Å². The van der Waals surface area contributed by atoms with Gasteiger partial charge < -0.3 is 9.84 Å². The lowest BCUT2D eigenvalue weighted by molar-refractivity contribution is 0.0687. The number of imidazole rings is 1. The maximum absolute atomic E-state index is 10.7. The Kier molecular flexibility index (Phi) is 1.77. The minimum absolute atomic E-state index is 0.0271. The average molecular weight is 194 g/mol. The monoisotopic (exact) mass is 194 g/mol. The van der Waals surface area contributed by atoms with Gasteiger partial charge in [-0.05, 0) is 0 Å². The number of ether oxygens (including phenoxy) is 1. The van der Waals surface area contributed by atoms with Crippen LogP contribution in [-0.4, -0.2) is 37.8 Å². The highest BCUT2D eigenvalue weighted by molar-refractivity contribution is 5.86. The fourth-order valence-electron chi connectivity index (χ4n) is 1.02. The van der Waals surface area contributed by atoms with Crippen molar-refractivity contribution in [2.45, 2.75) is 0 Å². The molecule has 7 heteroatoms. The Balaban J connectivity index is 2.69. The van der Waals surface area contributed by atoms with Crippen molar-refractivity contribution >= 4 is 11.6 Å². The molecule has 7 nitrogen and oxygen atoms in total. The number of carboxylic acid groups (broad SMARTS) is 1. The van der Waals surface area contributed by atoms with Crippen molar-refractivity contribution < 1.29 is 14.6 Å². The third kappa shape index (κ3) is 1.15. The Labute approximate surface area is 78.0 Å². The van der Waals surface area contributed by atoms with Crippen LogP contribution in [0, 0.1) is 0 Å². The number of aromatic nitrogens is 4. The van der Waals surface area contributed by atoms with Gasteiger partial charge in [0.05, 0.1) is 19.5 Å². The van der Waals surface area contributed by atoms with Gasteiger partial charge in [0, 0.05) is 0 Å². The van der Waals surface area contributed by atoms with Crippen molar-refractivity contribution in [1.82, 2.24) is 19.6 Å². The molecule has 0 saturated heterocycles. The lowest BCUT2D eigenvalue weighted by atomic mass is 10.5. The molecule has 14 heavy (non-hydrogen) atoms. The first-order valence-electron chi connectivity index (χ1n) is 3.70. The van der Waals surface area contributed by atoms with Gasteiger partial charge in [0.1, 0.15) is 0 Å². The molecule has 0 aliphatic rings. The van der Waals surface area contributed by atoms with E-state index in [0.29, 0.717) is 5.65 Å².